The van der Waals surface area contributed by atoms with Crippen LogP contribution in [-0.2, 0) is 24.7 Å². The number of benzene rings is 1. The van der Waals surface area contributed by atoms with E-state index in [-0.39, 0.29) is 11.3 Å². The summed E-state index contributed by atoms with van der Waals surface area (Å²) in [5.74, 6) is 1.95. The number of aryl methyl sites for hydroxylation is 1. The van der Waals surface area contributed by atoms with Gasteiger partial charge in [0.2, 0.25) is 0 Å². The molecule has 0 aliphatic heterocycles. The molecule has 2 aromatic heterocycles. The van der Waals surface area contributed by atoms with Crippen molar-refractivity contribution < 1.29 is 9.90 Å². The first-order valence-corrected chi connectivity index (χ1v) is 12.1. The van der Waals surface area contributed by atoms with Crippen molar-refractivity contribution in [2.45, 2.75) is 56.8 Å². The quantitative estimate of drug-likeness (QED) is 0.568. The van der Waals surface area contributed by atoms with E-state index in [0.29, 0.717) is 35.7 Å². The SMILES string of the molecule is C[C@]12CC[C@@H]3c4ccc(O)cc4CC[C@H]3[C@@H]1Cc1c(C(=O)NCCc3cccnc3)n[nH]c12. The summed E-state index contributed by atoms with van der Waals surface area (Å²) >= 11 is 0. The van der Waals surface area contributed by atoms with Crippen LogP contribution in [-0.4, -0.2) is 32.7 Å². The highest BCUT2D eigenvalue weighted by atomic mass is 16.3. The topological polar surface area (TPSA) is 90.9 Å². The smallest absolute Gasteiger partial charge is 0.272 e. The zero-order valence-corrected chi connectivity index (χ0v) is 19.0. The Morgan fingerprint density at radius 2 is 2.21 bits per heavy atom. The average Bonchev–Trinajstić information content (AvgIpc) is 3.37. The Morgan fingerprint density at radius 1 is 1.30 bits per heavy atom. The molecule has 3 aliphatic carbocycles. The molecule has 0 spiro atoms. The monoisotopic (exact) mass is 442 g/mol. The number of pyridine rings is 1. The highest BCUT2D eigenvalue weighted by Crippen LogP contribution is 2.60. The molecule has 0 unspecified atom stereocenters. The summed E-state index contributed by atoms with van der Waals surface area (Å²) in [6.45, 7) is 2.94. The number of nitrogens with one attached hydrogen (secondary N) is 2. The maximum Gasteiger partial charge on any atom is 0.272 e. The number of amides is 1. The van der Waals surface area contributed by atoms with Gasteiger partial charge in [0.1, 0.15) is 5.75 Å². The largest absolute Gasteiger partial charge is 0.508 e. The lowest BCUT2D eigenvalue weighted by atomic mass is 9.55. The molecule has 1 aromatic carbocycles. The second-order valence-corrected chi connectivity index (χ2v) is 10.3. The zero-order valence-electron chi connectivity index (χ0n) is 19.0. The minimum absolute atomic E-state index is 0.0478. The first kappa shape index (κ1) is 20.5. The molecule has 33 heavy (non-hydrogen) atoms. The molecular formula is C27H30N4O2. The van der Waals surface area contributed by atoms with Gasteiger partial charge < -0.3 is 10.4 Å². The Labute approximate surface area is 193 Å². The Bertz CT molecular complexity index is 1200. The second kappa shape index (κ2) is 7.72. The molecule has 3 aromatic rings. The molecule has 6 nitrogen and oxygen atoms in total. The highest BCUT2D eigenvalue weighted by Gasteiger charge is 2.54. The van der Waals surface area contributed by atoms with E-state index in [2.05, 4.69) is 33.5 Å². The molecule has 1 saturated carbocycles. The van der Waals surface area contributed by atoms with Gasteiger partial charge in [-0.1, -0.05) is 19.1 Å². The maximum atomic E-state index is 13.0. The van der Waals surface area contributed by atoms with Gasteiger partial charge in [0.25, 0.3) is 5.91 Å². The number of aromatic hydroxyl groups is 1. The van der Waals surface area contributed by atoms with Crippen molar-refractivity contribution in [3.05, 3.63) is 76.4 Å². The molecule has 2 heterocycles. The van der Waals surface area contributed by atoms with Gasteiger partial charge in [0.05, 0.1) is 0 Å². The van der Waals surface area contributed by atoms with E-state index >= 15 is 0 Å². The van der Waals surface area contributed by atoms with E-state index in [1.54, 1.807) is 6.20 Å². The van der Waals surface area contributed by atoms with E-state index in [9.17, 15) is 9.90 Å². The van der Waals surface area contributed by atoms with Gasteiger partial charge in [-0.05, 0) is 91.2 Å². The van der Waals surface area contributed by atoms with Gasteiger partial charge in [0, 0.05) is 35.6 Å². The predicted molar refractivity (Wildman–Crippen MR) is 125 cm³/mol. The fourth-order valence-electron chi connectivity index (χ4n) is 6.97. The molecule has 3 aliphatic rings. The van der Waals surface area contributed by atoms with Gasteiger partial charge >= 0.3 is 0 Å². The van der Waals surface area contributed by atoms with Gasteiger partial charge in [-0.3, -0.25) is 14.9 Å². The van der Waals surface area contributed by atoms with Crippen LogP contribution in [0.2, 0.25) is 0 Å². The molecule has 6 rings (SSSR count). The van der Waals surface area contributed by atoms with Crippen LogP contribution in [0.4, 0.5) is 0 Å². The number of carbonyl (C=O) groups excluding carboxylic acids is 1. The predicted octanol–water partition coefficient (Wildman–Crippen LogP) is 4.05. The minimum atomic E-state index is -0.0837. The fourth-order valence-corrected chi connectivity index (χ4v) is 6.97. The molecule has 6 heteroatoms. The Morgan fingerprint density at radius 3 is 3.06 bits per heavy atom. The number of rotatable bonds is 4. The first-order valence-electron chi connectivity index (χ1n) is 12.1. The molecule has 170 valence electrons. The van der Waals surface area contributed by atoms with Crippen molar-refractivity contribution in [2.75, 3.05) is 6.54 Å². The summed E-state index contributed by atoms with van der Waals surface area (Å²) in [7, 11) is 0. The fraction of sp³-hybridized carbons (Fsp3) is 0.444. The van der Waals surface area contributed by atoms with E-state index in [4.69, 9.17) is 0 Å². The number of hydrogen-bond donors (Lipinski definition) is 3. The number of nitrogens with zero attached hydrogens (tertiary/aromatic N) is 2. The molecule has 0 radical (unpaired) electrons. The molecule has 0 saturated heterocycles. The van der Waals surface area contributed by atoms with Crippen molar-refractivity contribution in [2.24, 2.45) is 11.8 Å². The number of phenols is 1. The summed E-state index contributed by atoms with van der Waals surface area (Å²) in [4.78, 5) is 17.1. The van der Waals surface area contributed by atoms with Gasteiger partial charge in [0.15, 0.2) is 5.69 Å². The average molecular weight is 443 g/mol. The zero-order chi connectivity index (χ0) is 22.6. The number of fused-ring (bicyclic) bond motifs is 7. The van der Waals surface area contributed by atoms with E-state index < -0.39 is 0 Å². The Balaban J connectivity index is 1.21. The summed E-state index contributed by atoms with van der Waals surface area (Å²) in [5, 5.41) is 20.7. The van der Waals surface area contributed by atoms with E-state index in [1.807, 2.05) is 30.5 Å². The second-order valence-electron chi connectivity index (χ2n) is 10.3. The van der Waals surface area contributed by atoms with Crippen molar-refractivity contribution in [1.82, 2.24) is 20.5 Å². The van der Waals surface area contributed by atoms with Crippen LogP contribution in [0.15, 0.2) is 42.7 Å². The summed E-state index contributed by atoms with van der Waals surface area (Å²) < 4.78 is 0. The molecule has 3 N–H and O–H groups in total. The minimum Gasteiger partial charge on any atom is -0.508 e. The van der Waals surface area contributed by atoms with Gasteiger partial charge in [-0.25, -0.2) is 0 Å². The third-order valence-electron chi connectivity index (χ3n) is 8.60. The standard InChI is InChI=1S/C27H30N4O2/c1-27-10-8-20-19-7-5-18(32)13-17(19)4-6-21(20)23(27)14-22-24(30-31-25(22)27)26(33)29-12-9-16-3-2-11-28-15-16/h2-3,5,7,11,13,15,20-21,23,32H,4,6,8-10,12,14H2,1H3,(H,29,33)(H,30,31)/t20-,21-,23+,27+/m1/s1. The maximum absolute atomic E-state index is 13.0. The summed E-state index contributed by atoms with van der Waals surface area (Å²) in [5.41, 5.74) is 6.77. The number of hydrogen-bond acceptors (Lipinski definition) is 4. The van der Waals surface area contributed by atoms with Crippen molar-refractivity contribution >= 4 is 5.91 Å². The van der Waals surface area contributed by atoms with Crippen LogP contribution in [0, 0.1) is 11.8 Å². The highest BCUT2D eigenvalue weighted by molar-refractivity contribution is 5.94. The van der Waals surface area contributed by atoms with Crippen molar-refractivity contribution in [3.63, 3.8) is 0 Å². The lowest BCUT2D eigenvalue weighted by Gasteiger charge is -2.49. The number of aromatic amines is 1. The Kier molecular flexibility index (Phi) is 4.78. The lowest BCUT2D eigenvalue weighted by molar-refractivity contribution is 0.0940. The van der Waals surface area contributed by atoms with E-state index in [1.165, 1.54) is 16.8 Å². The number of aromatic nitrogens is 3. The normalized spacial score (nSPS) is 27.2. The molecular weight excluding hydrogens is 412 g/mol. The molecule has 1 fully saturated rings. The van der Waals surface area contributed by atoms with Crippen LogP contribution >= 0.6 is 0 Å². The van der Waals surface area contributed by atoms with Crippen LogP contribution < -0.4 is 5.32 Å². The molecule has 0 bridgehead atoms. The third kappa shape index (κ3) is 3.26. The van der Waals surface area contributed by atoms with Crippen LogP contribution in [0.5, 0.6) is 5.75 Å². The first-order chi connectivity index (χ1) is 16.0. The van der Waals surface area contributed by atoms with Gasteiger partial charge in [-0.2, -0.15) is 5.10 Å². The summed E-state index contributed by atoms with van der Waals surface area (Å²) in [6, 6.07) is 9.87. The third-order valence-corrected chi connectivity index (χ3v) is 8.60. The van der Waals surface area contributed by atoms with Crippen molar-refractivity contribution in [3.8, 4) is 5.75 Å². The Hall–Kier alpha value is -3.15. The number of H-pyrrole nitrogens is 1. The van der Waals surface area contributed by atoms with Crippen LogP contribution in [0.3, 0.4) is 0 Å². The number of carbonyl (C=O) groups is 1. The van der Waals surface area contributed by atoms with Crippen molar-refractivity contribution in [1.29, 1.82) is 0 Å². The van der Waals surface area contributed by atoms with Gasteiger partial charge in [-0.15, -0.1) is 0 Å². The molecule has 1 amide bonds. The van der Waals surface area contributed by atoms with Crippen LogP contribution in [0.1, 0.15) is 70.5 Å². The molecule has 4 atom stereocenters. The van der Waals surface area contributed by atoms with E-state index in [0.717, 1.165) is 49.7 Å². The summed E-state index contributed by atoms with van der Waals surface area (Å²) in [6.07, 6.45) is 9.67. The van der Waals surface area contributed by atoms with Crippen LogP contribution in [0.25, 0.3) is 0 Å². The lowest BCUT2D eigenvalue weighted by Crippen LogP contribution is -2.43. The number of phenolic OH excluding ortho intramolecular Hbond substituents is 1.